The summed E-state index contributed by atoms with van der Waals surface area (Å²) in [6.07, 6.45) is 1.05. The number of benzene rings is 1. The zero-order valence-electron chi connectivity index (χ0n) is 13.5. The van der Waals surface area contributed by atoms with Crippen LogP contribution in [0.5, 0.6) is 5.75 Å². The van der Waals surface area contributed by atoms with Gasteiger partial charge in [0.25, 0.3) is 0 Å². The van der Waals surface area contributed by atoms with E-state index in [1.54, 1.807) is 18.4 Å². The highest BCUT2D eigenvalue weighted by Gasteiger charge is 2.28. The van der Waals surface area contributed by atoms with Crippen LogP contribution < -0.4 is 4.74 Å². The Morgan fingerprint density at radius 1 is 1.33 bits per heavy atom. The van der Waals surface area contributed by atoms with Gasteiger partial charge in [-0.25, -0.2) is 0 Å². The lowest BCUT2D eigenvalue weighted by atomic mass is 10.1. The van der Waals surface area contributed by atoms with Crippen molar-refractivity contribution in [2.24, 2.45) is 0 Å². The van der Waals surface area contributed by atoms with Gasteiger partial charge >= 0.3 is 0 Å². The Balaban J connectivity index is 1.41. The number of nitrogens with zero attached hydrogens (tertiary/aromatic N) is 3. The second-order valence-electron chi connectivity index (χ2n) is 6.01. The highest BCUT2D eigenvalue weighted by Crippen LogP contribution is 2.30. The summed E-state index contributed by atoms with van der Waals surface area (Å²) < 4.78 is 10.8. The molecule has 3 aromatic rings. The van der Waals surface area contributed by atoms with Gasteiger partial charge in [-0.1, -0.05) is 23.4 Å². The van der Waals surface area contributed by atoms with Crippen LogP contribution in [0, 0.1) is 0 Å². The van der Waals surface area contributed by atoms with Crippen LogP contribution in [0.4, 0.5) is 0 Å². The summed E-state index contributed by atoms with van der Waals surface area (Å²) in [6.45, 7) is 2.90. The molecule has 0 N–H and O–H groups in total. The van der Waals surface area contributed by atoms with E-state index in [0.717, 1.165) is 42.6 Å². The first-order valence-electron chi connectivity index (χ1n) is 8.04. The Hall–Kier alpha value is -2.18. The summed E-state index contributed by atoms with van der Waals surface area (Å²) >= 11 is 1.63. The first-order valence-corrected chi connectivity index (χ1v) is 8.92. The van der Waals surface area contributed by atoms with Crippen LogP contribution in [-0.2, 0) is 6.54 Å². The smallest absolute Gasteiger partial charge is 0.231 e. The van der Waals surface area contributed by atoms with Crippen LogP contribution in [0.15, 0.2) is 46.3 Å². The molecular weight excluding hydrogens is 322 g/mol. The normalized spacial score (nSPS) is 18.1. The van der Waals surface area contributed by atoms with E-state index in [4.69, 9.17) is 9.26 Å². The van der Waals surface area contributed by atoms with Crippen LogP contribution in [0.2, 0.25) is 0 Å². The molecule has 5 nitrogen and oxygen atoms in total. The summed E-state index contributed by atoms with van der Waals surface area (Å²) in [4.78, 5) is 8.07. The summed E-state index contributed by atoms with van der Waals surface area (Å²) in [5.41, 5.74) is 1.26. The number of thiophene rings is 1. The van der Waals surface area contributed by atoms with Crippen molar-refractivity contribution in [3.63, 3.8) is 0 Å². The van der Waals surface area contributed by atoms with E-state index in [1.165, 1.54) is 5.56 Å². The zero-order chi connectivity index (χ0) is 16.4. The molecule has 1 aromatic carbocycles. The van der Waals surface area contributed by atoms with E-state index in [1.807, 2.05) is 29.6 Å². The van der Waals surface area contributed by atoms with Crippen LogP contribution in [0.1, 0.15) is 23.8 Å². The number of rotatable bonds is 5. The molecule has 6 heteroatoms. The third-order valence-corrected chi connectivity index (χ3v) is 5.21. The predicted octanol–water partition coefficient (Wildman–Crippen LogP) is 3.80. The van der Waals surface area contributed by atoms with Crippen molar-refractivity contribution in [3.05, 3.63) is 53.2 Å². The first-order chi connectivity index (χ1) is 11.8. The molecule has 0 aliphatic carbocycles. The van der Waals surface area contributed by atoms with Crippen LogP contribution in [-0.4, -0.2) is 35.2 Å². The molecule has 1 saturated heterocycles. The molecule has 1 unspecified atom stereocenters. The van der Waals surface area contributed by atoms with Crippen LogP contribution in [0.25, 0.3) is 10.7 Å². The van der Waals surface area contributed by atoms with E-state index < -0.39 is 0 Å². The SMILES string of the molecule is COc1cccc(CN2CCC(c3nc(-c4cccs4)no3)C2)c1. The number of likely N-dealkylation sites (tertiary alicyclic amines) is 1. The van der Waals surface area contributed by atoms with Gasteiger partial charge in [0, 0.05) is 13.1 Å². The second kappa shape index (κ2) is 6.75. The Bertz CT molecular complexity index is 800. The lowest BCUT2D eigenvalue weighted by Crippen LogP contribution is -2.19. The zero-order valence-corrected chi connectivity index (χ0v) is 14.3. The molecule has 0 saturated carbocycles. The van der Waals surface area contributed by atoms with E-state index in [2.05, 4.69) is 27.2 Å². The molecule has 0 amide bonds. The Morgan fingerprint density at radius 3 is 3.12 bits per heavy atom. The van der Waals surface area contributed by atoms with Crippen molar-refractivity contribution in [2.45, 2.75) is 18.9 Å². The number of ether oxygens (including phenoxy) is 1. The van der Waals surface area contributed by atoms with E-state index in [0.29, 0.717) is 11.7 Å². The van der Waals surface area contributed by atoms with Crippen LogP contribution in [0.3, 0.4) is 0 Å². The lowest BCUT2D eigenvalue weighted by molar-refractivity contribution is 0.308. The van der Waals surface area contributed by atoms with Crippen molar-refractivity contribution in [1.82, 2.24) is 15.0 Å². The Labute approximate surface area is 144 Å². The van der Waals surface area contributed by atoms with Gasteiger partial charge in [-0.15, -0.1) is 11.3 Å². The van der Waals surface area contributed by atoms with Gasteiger partial charge in [0.1, 0.15) is 5.75 Å². The molecule has 1 aliphatic rings. The average molecular weight is 341 g/mol. The fourth-order valence-corrected chi connectivity index (χ4v) is 3.76. The minimum Gasteiger partial charge on any atom is -0.497 e. The molecule has 0 bridgehead atoms. The molecular formula is C18H19N3O2S. The number of methoxy groups -OCH3 is 1. The highest BCUT2D eigenvalue weighted by atomic mass is 32.1. The largest absolute Gasteiger partial charge is 0.497 e. The maximum atomic E-state index is 5.51. The van der Waals surface area contributed by atoms with E-state index >= 15 is 0 Å². The second-order valence-corrected chi connectivity index (χ2v) is 6.95. The molecule has 3 heterocycles. The molecule has 1 atom stereocenters. The Kier molecular flexibility index (Phi) is 4.32. The monoisotopic (exact) mass is 341 g/mol. The molecule has 2 aromatic heterocycles. The first kappa shape index (κ1) is 15.4. The molecule has 24 heavy (non-hydrogen) atoms. The number of hydrogen-bond acceptors (Lipinski definition) is 6. The molecule has 4 rings (SSSR count). The fourth-order valence-electron chi connectivity index (χ4n) is 3.11. The number of aromatic nitrogens is 2. The van der Waals surface area contributed by atoms with Gasteiger partial charge in [0.15, 0.2) is 0 Å². The summed E-state index contributed by atoms with van der Waals surface area (Å²) in [7, 11) is 1.70. The Morgan fingerprint density at radius 2 is 2.29 bits per heavy atom. The summed E-state index contributed by atoms with van der Waals surface area (Å²) in [5, 5.41) is 6.15. The van der Waals surface area contributed by atoms with Crippen molar-refractivity contribution in [3.8, 4) is 16.5 Å². The molecule has 124 valence electrons. The van der Waals surface area contributed by atoms with Gasteiger partial charge < -0.3 is 9.26 Å². The minimum atomic E-state index is 0.317. The highest BCUT2D eigenvalue weighted by molar-refractivity contribution is 7.13. The summed E-state index contributed by atoms with van der Waals surface area (Å²) in [5.74, 6) is 2.68. The lowest BCUT2D eigenvalue weighted by Gasteiger charge is -2.15. The fraction of sp³-hybridized carbons (Fsp3) is 0.333. The predicted molar refractivity (Wildman–Crippen MR) is 93.2 cm³/mol. The van der Waals surface area contributed by atoms with E-state index in [9.17, 15) is 0 Å². The van der Waals surface area contributed by atoms with Crippen molar-refractivity contribution in [2.75, 3.05) is 20.2 Å². The summed E-state index contributed by atoms with van der Waals surface area (Å²) in [6, 6.07) is 12.3. The topological polar surface area (TPSA) is 51.4 Å². The van der Waals surface area contributed by atoms with Crippen molar-refractivity contribution >= 4 is 11.3 Å². The molecule has 1 aliphatic heterocycles. The van der Waals surface area contributed by atoms with E-state index in [-0.39, 0.29) is 0 Å². The molecule has 0 radical (unpaired) electrons. The standard InChI is InChI=1S/C18H19N3O2S/c1-22-15-5-2-4-13(10-15)11-21-8-7-14(12-21)18-19-17(20-23-18)16-6-3-9-24-16/h2-6,9-10,14H,7-8,11-12H2,1H3. The van der Waals surface area contributed by atoms with Crippen molar-refractivity contribution < 1.29 is 9.26 Å². The van der Waals surface area contributed by atoms with Crippen molar-refractivity contribution in [1.29, 1.82) is 0 Å². The third-order valence-electron chi connectivity index (χ3n) is 4.35. The van der Waals surface area contributed by atoms with Gasteiger partial charge in [-0.2, -0.15) is 4.98 Å². The molecule has 1 fully saturated rings. The third kappa shape index (κ3) is 3.20. The quantitative estimate of drug-likeness (QED) is 0.706. The maximum absolute atomic E-state index is 5.51. The van der Waals surface area contributed by atoms with Gasteiger partial charge in [-0.05, 0) is 42.1 Å². The maximum Gasteiger partial charge on any atom is 0.231 e. The average Bonchev–Trinajstić information content (AvgIpc) is 3.35. The number of hydrogen-bond donors (Lipinski definition) is 0. The molecule has 0 spiro atoms. The van der Waals surface area contributed by atoms with Gasteiger partial charge in [0.05, 0.1) is 17.9 Å². The van der Waals surface area contributed by atoms with Crippen LogP contribution >= 0.6 is 11.3 Å². The van der Waals surface area contributed by atoms with Gasteiger partial charge in [-0.3, -0.25) is 4.90 Å². The van der Waals surface area contributed by atoms with Gasteiger partial charge in [0.2, 0.25) is 11.7 Å². The minimum absolute atomic E-state index is 0.317.